The van der Waals surface area contributed by atoms with E-state index in [1.807, 2.05) is 10.6 Å². The molecular weight excluding hydrogens is 470 g/mol. The topological polar surface area (TPSA) is 121 Å². The number of hydrogen-bond acceptors (Lipinski definition) is 8. The number of nitrogens with one attached hydrogen (secondary N) is 1. The molecule has 10 nitrogen and oxygen atoms in total. The lowest BCUT2D eigenvalue weighted by atomic mass is 10.2. The van der Waals surface area contributed by atoms with Gasteiger partial charge in [-0.15, -0.1) is 16.8 Å². The van der Waals surface area contributed by atoms with Crippen molar-refractivity contribution in [2.75, 3.05) is 25.3 Å². The molecule has 0 aliphatic heterocycles. The third-order valence-corrected chi connectivity index (χ3v) is 5.72. The normalized spacial score (nSPS) is 10.5. The number of methoxy groups -OCH3 is 2. The number of thioether (sulfide) groups is 1. The van der Waals surface area contributed by atoms with Crippen LogP contribution in [0.4, 0.5) is 11.4 Å². The van der Waals surface area contributed by atoms with Crippen molar-refractivity contribution >= 4 is 40.6 Å². The minimum atomic E-state index is -0.611. The Balaban J connectivity index is 1.76. The lowest BCUT2D eigenvalue weighted by Gasteiger charge is -2.11. The summed E-state index contributed by atoms with van der Waals surface area (Å²) in [6.07, 6.45) is 1.70. The molecule has 1 amide bonds. The molecule has 0 fully saturated rings. The van der Waals surface area contributed by atoms with E-state index in [0.29, 0.717) is 29.0 Å². The molecule has 33 heavy (non-hydrogen) atoms. The molecule has 0 saturated heterocycles. The molecule has 3 aromatic rings. The number of amides is 1. The number of benzene rings is 2. The monoisotopic (exact) mass is 489 g/mol. The Bertz CT molecular complexity index is 1200. The van der Waals surface area contributed by atoms with Gasteiger partial charge in [-0.25, -0.2) is 0 Å². The zero-order valence-electron chi connectivity index (χ0n) is 17.8. The Morgan fingerprint density at radius 2 is 2.00 bits per heavy atom. The lowest BCUT2D eigenvalue weighted by Crippen LogP contribution is -2.14. The first-order valence-electron chi connectivity index (χ1n) is 9.51. The van der Waals surface area contributed by atoms with Crippen LogP contribution in [0.5, 0.6) is 11.5 Å². The molecule has 0 radical (unpaired) electrons. The fourth-order valence-electron chi connectivity index (χ4n) is 2.94. The van der Waals surface area contributed by atoms with Crippen molar-refractivity contribution in [2.45, 2.75) is 11.7 Å². The van der Waals surface area contributed by atoms with Crippen LogP contribution in [0.15, 0.2) is 54.2 Å². The average molecular weight is 490 g/mol. The highest BCUT2D eigenvalue weighted by Crippen LogP contribution is 2.33. The van der Waals surface area contributed by atoms with Gasteiger partial charge in [0.05, 0.1) is 24.9 Å². The summed E-state index contributed by atoms with van der Waals surface area (Å²) in [5.74, 6) is 1.36. The molecule has 0 saturated carbocycles. The van der Waals surface area contributed by atoms with E-state index in [0.717, 1.165) is 5.56 Å². The summed E-state index contributed by atoms with van der Waals surface area (Å²) in [7, 11) is 3.10. The zero-order chi connectivity index (χ0) is 24.0. The lowest BCUT2D eigenvalue weighted by molar-refractivity contribution is -0.384. The number of nitro benzene ring substituents is 1. The zero-order valence-corrected chi connectivity index (χ0v) is 19.4. The first-order chi connectivity index (χ1) is 15.9. The third-order valence-electron chi connectivity index (χ3n) is 4.43. The van der Waals surface area contributed by atoms with Crippen molar-refractivity contribution in [1.29, 1.82) is 0 Å². The van der Waals surface area contributed by atoms with Gasteiger partial charge in [0.15, 0.2) is 22.5 Å². The summed E-state index contributed by atoms with van der Waals surface area (Å²) in [4.78, 5) is 22.8. The molecule has 172 valence electrons. The van der Waals surface area contributed by atoms with Crippen molar-refractivity contribution in [1.82, 2.24) is 14.8 Å². The number of nitro groups is 1. The smallest absolute Gasteiger partial charge is 0.289 e. The van der Waals surface area contributed by atoms with Crippen molar-refractivity contribution in [3.8, 4) is 22.9 Å². The van der Waals surface area contributed by atoms with E-state index >= 15 is 0 Å². The number of anilines is 1. The minimum Gasteiger partial charge on any atom is -0.493 e. The Hall–Kier alpha value is -3.57. The summed E-state index contributed by atoms with van der Waals surface area (Å²) < 4.78 is 12.5. The van der Waals surface area contributed by atoms with Crippen LogP contribution in [0.1, 0.15) is 0 Å². The molecule has 0 aliphatic carbocycles. The van der Waals surface area contributed by atoms with E-state index in [4.69, 9.17) is 21.1 Å². The van der Waals surface area contributed by atoms with Crippen LogP contribution in [-0.2, 0) is 11.3 Å². The van der Waals surface area contributed by atoms with Crippen LogP contribution in [0.3, 0.4) is 0 Å². The second-order valence-electron chi connectivity index (χ2n) is 6.54. The van der Waals surface area contributed by atoms with Gasteiger partial charge in [-0.2, -0.15) is 0 Å². The number of carbonyl (C=O) groups is 1. The second-order valence-corrected chi connectivity index (χ2v) is 7.89. The van der Waals surface area contributed by atoms with E-state index in [1.54, 1.807) is 32.4 Å². The molecule has 0 bridgehead atoms. The van der Waals surface area contributed by atoms with Gasteiger partial charge in [-0.05, 0) is 30.3 Å². The summed E-state index contributed by atoms with van der Waals surface area (Å²) in [6.45, 7) is 4.20. The number of nitrogens with zero attached hydrogens (tertiary/aromatic N) is 4. The van der Waals surface area contributed by atoms with E-state index in [1.165, 1.54) is 30.0 Å². The largest absolute Gasteiger partial charge is 0.493 e. The molecule has 3 rings (SSSR count). The quantitative estimate of drug-likeness (QED) is 0.192. The molecule has 0 atom stereocenters. The second kappa shape index (κ2) is 10.8. The molecule has 2 aromatic carbocycles. The molecule has 0 spiro atoms. The van der Waals surface area contributed by atoms with Crippen molar-refractivity contribution in [2.24, 2.45) is 0 Å². The van der Waals surface area contributed by atoms with Gasteiger partial charge in [0.1, 0.15) is 5.02 Å². The Morgan fingerprint density at radius 3 is 2.67 bits per heavy atom. The highest BCUT2D eigenvalue weighted by molar-refractivity contribution is 7.99. The first kappa shape index (κ1) is 24.1. The molecule has 0 unspecified atom stereocenters. The highest BCUT2D eigenvalue weighted by atomic mass is 35.5. The predicted molar refractivity (Wildman–Crippen MR) is 126 cm³/mol. The van der Waals surface area contributed by atoms with E-state index < -0.39 is 4.92 Å². The average Bonchev–Trinajstić information content (AvgIpc) is 3.21. The number of aromatic nitrogens is 3. The first-order valence-corrected chi connectivity index (χ1v) is 10.9. The van der Waals surface area contributed by atoms with Crippen LogP contribution in [-0.4, -0.2) is 45.6 Å². The van der Waals surface area contributed by atoms with Crippen LogP contribution < -0.4 is 14.8 Å². The van der Waals surface area contributed by atoms with Crippen molar-refractivity contribution in [3.63, 3.8) is 0 Å². The number of ether oxygens (including phenoxy) is 2. The summed E-state index contributed by atoms with van der Waals surface area (Å²) in [6, 6.07) is 9.45. The fourth-order valence-corrected chi connectivity index (χ4v) is 3.87. The maximum Gasteiger partial charge on any atom is 0.289 e. The maximum absolute atomic E-state index is 12.4. The Kier molecular flexibility index (Phi) is 7.91. The summed E-state index contributed by atoms with van der Waals surface area (Å²) in [5, 5.41) is 22.6. The van der Waals surface area contributed by atoms with Gasteiger partial charge in [0.2, 0.25) is 5.91 Å². The van der Waals surface area contributed by atoms with Gasteiger partial charge in [0.25, 0.3) is 5.69 Å². The molecule has 12 heteroatoms. The van der Waals surface area contributed by atoms with Gasteiger partial charge < -0.3 is 14.8 Å². The molecule has 0 aliphatic rings. The number of carbonyl (C=O) groups excluding carboxylic acids is 1. The number of hydrogen-bond donors (Lipinski definition) is 1. The van der Waals surface area contributed by atoms with Crippen LogP contribution in [0, 0.1) is 10.1 Å². The summed E-state index contributed by atoms with van der Waals surface area (Å²) >= 11 is 6.98. The molecular formula is C21H20ClN5O5S. The Labute approximate surface area is 198 Å². The predicted octanol–water partition coefficient (Wildman–Crippen LogP) is 4.44. The van der Waals surface area contributed by atoms with Gasteiger partial charge in [0, 0.05) is 23.9 Å². The molecule has 1 N–H and O–H groups in total. The summed E-state index contributed by atoms with van der Waals surface area (Å²) in [5.41, 5.74) is 0.745. The highest BCUT2D eigenvalue weighted by Gasteiger charge is 2.18. The van der Waals surface area contributed by atoms with Crippen molar-refractivity contribution in [3.05, 3.63) is 64.2 Å². The van der Waals surface area contributed by atoms with E-state index in [2.05, 4.69) is 22.1 Å². The molecule has 1 aromatic heterocycles. The van der Waals surface area contributed by atoms with Gasteiger partial charge in [-0.1, -0.05) is 29.4 Å². The van der Waals surface area contributed by atoms with Crippen molar-refractivity contribution < 1.29 is 19.2 Å². The fraction of sp³-hybridized carbons (Fsp3) is 0.190. The van der Waals surface area contributed by atoms with E-state index in [9.17, 15) is 14.9 Å². The Morgan fingerprint density at radius 1 is 1.24 bits per heavy atom. The number of halogens is 1. The minimum absolute atomic E-state index is 0.00686. The number of rotatable bonds is 10. The standard InChI is InChI=1S/C21H20ClN5O5S/c1-4-9-26-20(13-5-8-17(31-2)18(10-13)32-3)24-25-21(26)33-12-19(28)23-14-6-7-15(22)16(11-14)27(29)30/h4-8,10-11H,1,9,12H2,2-3H3,(H,23,28). The maximum atomic E-state index is 12.4. The van der Waals surface area contributed by atoms with Crippen LogP contribution in [0.25, 0.3) is 11.4 Å². The SMILES string of the molecule is C=CCn1c(SCC(=O)Nc2ccc(Cl)c([N+](=O)[O-])c2)nnc1-c1ccc(OC)c(OC)c1. The van der Waals surface area contributed by atoms with E-state index in [-0.39, 0.29) is 28.1 Å². The van der Waals surface area contributed by atoms with Gasteiger partial charge >= 0.3 is 0 Å². The molecule has 1 heterocycles. The van der Waals surface area contributed by atoms with Gasteiger partial charge in [-0.3, -0.25) is 19.5 Å². The third kappa shape index (κ3) is 5.62. The van der Waals surface area contributed by atoms with Crippen LogP contribution in [0.2, 0.25) is 5.02 Å². The van der Waals surface area contributed by atoms with Crippen LogP contribution >= 0.6 is 23.4 Å². The number of allylic oxidation sites excluding steroid dienone is 1.